The Morgan fingerprint density at radius 2 is 1.69 bits per heavy atom. The van der Waals surface area contributed by atoms with E-state index in [1.165, 1.54) is 5.56 Å². The Hall–Kier alpha value is -2.59. The van der Waals surface area contributed by atoms with Gasteiger partial charge in [0.05, 0.1) is 12.6 Å². The van der Waals surface area contributed by atoms with Crippen LogP contribution in [0, 0.1) is 5.92 Å². The molecule has 2 aromatic carbocycles. The predicted octanol–water partition coefficient (Wildman–Crippen LogP) is 4.60. The molecule has 0 saturated heterocycles. The molecule has 0 radical (unpaired) electrons. The standard InChI is InChI=1S/C22H26N2O2/c1-15(2)22(17-9-5-4-6-10-17)23-14-21(25)24-16(3)20-13-18-11-7-8-12-19(18)26-20/h4-13,15-16,22-23H,14H2,1-3H3,(H,24,25)/t16-,22+/m0/s1. The Labute approximate surface area is 154 Å². The Morgan fingerprint density at radius 3 is 2.38 bits per heavy atom. The van der Waals surface area contributed by atoms with Gasteiger partial charge in [-0.15, -0.1) is 0 Å². The molecule has 136 valence electrons. The third-order valence-electron chi connectivity index (χ3n) is 4.56. The van der Waals surface area contributed by atoms with E-state index in [1.54, 1.807) is 0 Å². The van der Waals surface area contributed by atoms with Crippen molar-refractivity contribution in [2.75, 3.05) is 6.54 Å². The van der Waals surface area contributed by atoms with E-state index in [1.807, 2.05) is 55.5 Å². The van der Waals surface area contributed by atoms with Crippen molar-refractivity contribution in [2.45, 2.75) is 32.9 Å². The highest BCUT2D eigenvalue weighted by Crippen LogP contribution is 2.24. The summed E-state index contributed by atoms with van der Waals surface area (Å²) in [7, 11) is 0. The van der Waals surface area contributed by atoms with Crippen molar-refractivity contribution in [3.05, 3.63) is 72.0 Å². The Morgan fingerprint density at radius 1 is 1.00 bits per heavy atom. The first kappa shape index (κ1) is 18.2. The number of hydrogen-bond acceptors (Lipinski definition) is 3. The number of para-hydroxylation sites is 1. The molecule has 0 aliphatic rings. The average molecular weight is 350 g/mol. The molecule has 4 nitrogen and oxygen atoms in total. The lowest BCUT2D eigenvalue weighted by molar-refractivity contribution is -0.121. The molecular formula is C22H26N2O2. The molecule has 1 aromatic heterocycles. The van der Waals surface area contributed by atoms with Gasteiger partial charge in [0.15, 0.2) is 0 Å². The summed E-state index contributed by atoms with van der Waals surface area (Å²) in [4.78, 5) is 12.4. The maximum absolute atomic E-state index is 12.4. The number of carbonyl (C=O) groups excluding carboxylic acids is 1. The van der Waals surface area contributed by atoms with Crippen LogP contribution in [0.3, 0.4) is 0 Å². The normalized spacial score (nSPS) is 13.7. The summed E-state index contributed by atoms with van der Waals surface area (Å²) in [5.74, 6) is 1.11. The molecule has 3 aromatic rings. The van der Waals surface area contributed by atoms with E-state index in [0.717, 1.165) is 16.7 Å². The van der Waals surface area contributed by atoms with Gasteiger partial charge in [0.25, 0.3) is 0 Å². The van der Waals surface area contributed by atoms with E-state index < -0.39 is 0 Å². The first-order valence-corrected chi connectivity index (χ1v) is 9.10. The number of rotatable bonds is 7. The fourth-order valence-electron chi connectivity index (χ4n) is 3.18. The molecule has 1 amide bonds. The minimum absolute atomic E-state index is 0.0421. The molecule has 0 saturated carbocycles. The van der Waals surface area contributed by atoms with Crippen molar-refractivity contribution in [1.82, 2.24) is 10.6 Å². The van der Waals surface area contributed by atoms with Gasteiger partial charge in [-0.1, -0.05) is 62.4 Å². The van der Waals surface area contributed by atoms with Gasteiger partial charge in [0.2, 0.25) is 5.91 Å². The van der Waals surface area contributed by atoms with Gasteiger partial charge in [-0.2, -0.15) is 0 Å². The van der Waals surface area contributed by atoms with E-state index in [0.29, 0.717) is 5.92 Å². The van der Waals surface area contributed by atoms with Crippen LogP contribution in [0.4, 0.5) is 0 Å². The monoisotopic (exact) mass is 350 g/mol. The third kappa shape index (κ3) is 4.33. The van der Waals surface area contributed by atoms with Gasteiger partial charge in [-0.25, -0.2) is 0 Å². The van der Waals surface area contributed by atoms with Gasteiger partial charge in [0.1, 0.15) is 11.3 Å². The zero-order valence-electron chi connectivity index (χ0n) is 15.5. The highest BCUT2D eigenvalue weighted by atomic mass is 16.3. The summed E-state index contributed by atoms with van der Waals surface area (Å²) < 4.78 is 5.83. The van der Waals surface area contributed by atoms with Crippen molar-refractivity contribution in [1.29, 1.82) is 0 Å². The molecule has 0 spiro atoms. The maximum atomic E-state index is 12.4. The van der Waals surface area contributed by atoms with Crippen LogP contribution in [0.5, 0.6) is 0 Å². The van der Waals surface area contributed by atoms with Crippen LogP contribution in [0.25, 0.3) is 11.0 Å². The SMILES string of the molecule is CC(C)[C@@H](NCC(=O)N[C@@H](C)c1cc2ccccc2o1)c1ccccc1. The van der Waals surface area contributed by atoms with Crippen LogP contribution in [0.15, 0.2) is 65.1 Å². The van der Waals surface area contributed by atoms with Gasteiger partial charge in [0, 0.05) is 11.4 Å². The van der Waals surface area contributed by atoms with Crippen molar-refractivity contribution in [2.24, 2.45) is 5.92 Å². The van der Waals surface area contributed by atoms with E-state index in [-0.39, 0.29) is 24.5 Å². The quantitative estimate of drug-likeness (QED) is 0.655. The summed E-state index contributed by atoms with van der Waals surface area (Å²) in [5.41, 5.74) is 2.03. The molecular weight excluding hydrogens is 324 g/mol. The molecule has 0 unspecified atom stereocenters. The first-order valence-electron chi connectivity index (χ1n) is 9.10. The molecule has 26 heavy (non-hydrogen) atoms. The van der Waals surface area contributed by atoms with Crippen molar-refractivity contribution in [3.8, 4) is 0 Å². The molecule has 1 heterocycles. The van der Waals surface area contributed by atoms with E-state index in [9.17, 15) is 4.79 Å². The topological polar surface area (TPSA) is 54.3 Å². The lowest BCUT2D eigenvalue weighted by Crippen LogP contribution is -2.38. The molecule has 3 rings (SSSR count). The maximum Gasteiger partial charge on any atom is 0.234 e. The molecule has 0 fully saturated rings. The first-order chi connectivity index (χ1) is 12.5. The van der Waals surface area contributed by atoms with Crippen molar-refractivity contribution < 1.29 is 9.21 Å². The number of furan rings is 1. The lowest BCUT2D eigenvalue weighted by Gasteiger charge is -2.23. The Kier molecular flexibility index (Phi) is 5.74. The second kappa shape index (κ2) is 8.19. The summed E-state index contributed by atoms with van der Waals surface area (Å²) in [6.45, 7) is 6.51. The number of carbonyl (C=O) groups is 1. The summed E-state index contributed by atoms with van der Waals surface area (Å²) in [6.07, 6.45) is 0. The minimum Gasteiger partial charge on any atom is -0.459 e. The average Bonchev–Trinajstić information content (AvgIpc) is 3.07. The zero-order chi connectivity index (χ0) is 18.5. The smallest absolute Gasteiger partial charge is 0.234 e. The molecule has 0 aliphatic carbocycles. The molecule has 2 N–H and O–H groups in total. The summed E-state index contributed by atoms with van der Waals surface area (Å²) >= 11 is 0. The number of nitrogens with one attached hydrogen (secondary N) is 2. The molecule has 0 bridgehead atoms. The lowest BCUT2D eigenvalue weighted by atomic mass is 9.96. The fourth-order valence-corrected chi connectivity index (χ4v) is 3.18. The minimum atomic E-state index is -0.175. The summed E-state index contributed by atoms with van der Waals surface area (Å²) in [5, 5.41) is 7.43. The number of amides is 1. The van der Waals surface area contributed by atoms with Crippen LogP contribution in [-0.4, -0.2) is 12.5 Å². The van der Waals surface area contributed by atoms with E-state index >= 15 is 0 Å². The van der Waals surface area contributed by atoms with E-state index in [2.05, 4.69) is 36.6 Å². The van der Waals surface area contributed by atoms with Crippen LogP contribution < -0.4 is 10.6 Å². The number of fused-ring (bicyclic) bond motifs is 1. The van der Waals surface area contributed by atoms with Crippen LogP contribution in [0.2, 0.25) is 0 Å². The molecule has 4 heteroatoms. The summed E-state index contributed by atoms with van der Waals surface area (Å²) in [6, 6.07) is 20.0. The fraction of sp³-hybridized carbons (Fsp3) is 0.318. The molecule has 0 aliphatic heterocycles. The van der Waals surface area contributed by atoms with Crippen molar-refractivity contribution >= 4 is 16.9 Å². The van der Waals surface area contributed by atoms with Crippen LogP contribution in [0.1, 0.15) is 44.2 Å². The van der Waals surface area contributed by atoms with Gasteiger partial charge in [-0.05, 0) is 30.5 Å². The molecule has 2 atom stereocenters. The highest BCUT2D eigenvalue weighted by Gasteiger charge is 2.18. The van der Waals surface area contributed by atoms with Crippen molar-refractivity contribution in [3.63, 3.8) is 0 Å². The Bertz CT molecular complexity index is 822. The zero-order valence-corrected chi connectivity index (χ0v) is 15.5. The third-order valence-corrected chi connectivity index (χ3v) is 4.56. The largest absolute Gasteiger partial charge is 0.459 e. The van der Waals surface area contributed by atoms with Gasteiger partial charge >= 0.3 is 0 Å². The second-order valence-electron chi connectivity index (χ2n) is 6.99. The number of benzene rings is 2. The number of hydrogen-bond donors (Lipinski definition) is 2. The van der Waals surface area contributed by atoms with Crippen LogP contribution in [-0.2, 0) is 4.79 Å². The predicted molar refractivity (Wildman–Crippen MR) is 105 cm³/mol. The Balaban J connectivity index is 1.59. The van der Waals surface area contributed by atoms with E-state index in [4.69, 9.17) is 4.42 Å². The van der Waals surface area contributed by atoms with Gasteiger partial charge in [-0.3, -0.25) is 4.79 Å². The van der Waals surface area contributed by atoms with Crippen LogP contribution >= 0.6 is 0 Å². The highest BCUT2D eigenvalue weighted by molar-refractivity contribution is 5.80. The van der Waals surface area contributed by atoms with Gasteiger partial charge < -0.3 is 15.1 Å². The second-order valence-corrected chi connectivity index (χ2v) is 6.99.